The third-order valence-electron chi connectivity index (χ3n) is 3.16. The second-order valence-corrected chi connectivity index (χ2v) is 4.86. The van der Waals surface area contributed by atoms with Crippen molar-refractivity contribution in [3.63, 3.8) is 0 Å². The van der Waals surface area contributed by atoms with Crippen LogP contribution in [0.2, 0.25) is 0 Å². The minimum absolute atomic E-state index is 0.160. The molecule has 90 valence electrons. The van der Waals surface area contributed by atoms with Crippen LogP contribution in [0.5, 0.6) is 0 Å². The summed E-state index contributed by atoms with van der Waals surface area (Å²) in [6.07, 6.45) is 3.06. The number of hydrogen-bond donors (Lipinski definition) is 2. The molecule has 1 unspecified atom stereocenters. The fourth-order valence-corrected chi connectivity index (χ4v) is 1.84. The van der Waals surface area contributed by atoms with E-state index in [9.17, 15) is 5.11 Å². The molecule has 0 aliphatic carbocycles. The number of rotatable bonds is 6. The van der Waals surface area contributed by atoms with Crippen LogP contribution < -0.4 is 5.32 Å². The average Bonchev–Trinajstić information content (AvgIpc) is 2.25. The highest BCUT2D eigenvalue weighted by molar-refractivity contribution is 4.67. The van der Waals surface area contributed by atoms with E-state index in [0.29, 0.717) is 5.92 Å². The maximum atomic E-state index is 9.60. The lowest BCUT2D eigenvalue weighted by atomic mass is 10.00. The zero-order chi connectivity index (χ0) is 11.1. The molecule has 0 radical (unpaired) electrons. The molecule has 1 heterocycles. The summed E-state index contributed by atoms with van der Waals surface area (Å²) in [4.78, 5) is 0. The van der Waals surface area contributed by atoms with E-state index in [1.54, 1.807) is 0 Å². The Balaban J connectivity index is 1.96. The summed E-state index contributed by atoms with van der Waals surface area (Å²) >= 11 is 0. The van der Waals surface area contributed by atoms with Gasteiger partial charge in [0, 0.05) is 13.2 Å². The quantitative estimate of drug-likeness (QED) is 0.658. The van der Waals surface area contributed by atoms with E-state index < -0.39 is 0 Å². The minimum atomic E-state index is -0.160. The van der Waals surface area contributed by atoms with Gasteiger partial charge in [0.1, 0.15) is 0 Å². The van der Waals surface area contributed by atoms with Gasteiger partial charge < -0.3 is 15.2 Å². The van der Waals surface area contributed by atoms with Crippen molar-refractivity contribution in [1.29, 1.82) is 0 Å². The van der Waals surface area contributed by atoms with E-state index in [4.69, 9.17) is 4.74 Å². The molecule has 1 rings (SSSR count). The SMILES string of the molecule is CC(C)C(O)CCNCC1CCOCC1. The lowest BCUT2D eigenvalue weighted by molar-refractivity contribution is 0.0654. The Bertz CT molecular complexity index is 156. The molecule has 0 aromatic carbocycles. The normalized spacial score (nSPS) is 20.8. The van der Waals surface area contributed by atoms with Gasteiger partial charge in [-0.3, -0.25) is 0 Å². The molecule has 0 spiro atoms. The number of hydrogen-bond acceptors (Lipinski definition) is 3. The van der Waals surface area contributed by atoms with E-state index in [-0.39, 0.29) is 6.10 Å². The maximum absolute atomic E-state index is 9.60. The minimum Gasteiger partial charge on any atom is -0.393 e. The first-order valence-corrected chi connectivity index (χ1v) is 6.16. The van der Waals surface area contributed by atoms with Gasteiger partial charge in [0.05, 0.1) is 6.10 Å². The number of aliphatic hydroxyl groups excluding tert-OH is 1. The molecule has 3 heteroatoms. The Hall–Kier alpha value is -0.120. The molecule has 15 heavy (non-hydrogen) atoms. The van der Waals surface area contributed by atoms with Gasteiger partial charge >= 0.3 is 0 Å². The monoisotopic (exact) mass is 215 g/mol. The van der Waals surface area contributed by atoms with Gasteiger partial charge in [-0.2, -0.15) is 0 Å². The third-order valence-corrected chi connectivity index (χ3v) is 3.16. The highest BCUT2D eigenvalue weighted by atomic mass is 16.5. The smallest absolute Gasteiger partial charge is 0.0575 e. The van der Waals surface area contributed by atoms with Gasteiger partial charge in [-0.15, -0.1) is 0 Å². The molecule has 0 aromatic rings. The van der Waals surface area contributed by atoms with Crippen LogP contribution in [0.3, 0.4) is 0 Å². The van der Waals surface area contributed by atoms with Crippen molar-refractivity contribution in [2.75, 3.05) is 26.3 Å². The van der Waals surface area contributed by atoms with Crippen molar-refractivity contribution < 1.29 is 9.84 Å². The second kappa shape index (κ2) is 7.20. The Labute approximate surface area is 93.2 Å². The molecule has 1 saturated heterocycles. The summed E-state index contributed by atoms with van der Waals surface area (Å²) < 4.78 is 5.31. The van der Waals surface area contributed by atoms with Crippen LogP contribution >= 0.6 is 0 Å². The lowest BCUT2D eigenvalue weighted by Gasteiger charge is -2.22. The van der Waals surface area contributed by atoms with Crippen molar-refractivity contribution in [1.82, 2.24) is 5.32 Å². The van der Waals surface area contributed by atoms with Crippen LogP contribution in [0.1, 0.15) is 33.1 Å². The fraction of sp³-hybridized carbons (Fsp3) is 1.00. The topological polar surface area (TPSA) is 41.5 Å². The molecular weight excluding hydrogens is 190 g/mol. The van der Waals surface area contributed by atoms with Crippen LogP contribution in [0, 0.1) is 11.8 Å². The van der Waals surface area contributed by atoms with Crippen molar-refractivity contribution in [2.45, 2.75) is 39.2 Å². The van der Waals surface area contributed by atoms with E-state index in [1.165, 1.54) is 12.8 Å². The molecule has 0 saturated carbocycles. The molecule has 1 fully saturated rings. The zero-order valence-corrected chi connectivity index (χ0v) is 10.0. The Morgan fingerprint density at radius 1 is 1.33 bits per heavy atom. The highest BCUT2D eigenvalue weighted by Crippen LogP contribution is 2.13. The number of aliphatic hydroxyl groups is 1. The predicted octanol–water partition coefficient (Wildman–Crippen LogP) is 1.41. The molecule has 1 aliphatic rings. The molecule has 1 aliphatic heterocycles. The molecule has 1 atom stereocenters. The second-order valence-electron chi connectivity index (χ2n) is 4.86. The lowest BCUT2D eigenvalue weighted by Crippen LogP contribution is -2.30. The van der Waals surface area contributed by atoms with Gasteiger partial charge in [0.25, 0.3) is 0 Å². The predicted molar refractivity (Wildman–Crippen MR) is 61.9 cm³/mol. The molecule has 0 amide bonds. The third kappa shape index (κ3) is 5.50. The van der Waals surface area contributed by atoms with Gasteiger partial charge in [-0.05, 0) is 44.2 Å². The van der Waals surface area contributed by atoms with Crippen LogP contribution in [-0.4, -0.2) is 37.5 Å². The Kier molecular flexibility index (Phi) is 6.22. The number of nitrogens with one attached hydrogen (secondary N) is 1. The zero-order valence-electron chi connectivity index (χ0n) is 10.0. The fourth-order valence-electron chi connectivity index (χ4n) is 1.84. The molecule has 0 bridgehead atoms. The largest absolute Gasteiger partial charge is 0.393 e. The summed E-state index contributed by atoms with van der Waals surface area (Å²) in [5.74, 6) is 1.14. The first-order chi connectivity index (χ1) is 7.20. The molecular formula is C12H25NO2. The van der Waals surface area contributed by atoms with E-state index >= 15 is 0 Å². The summed E-state index contributed by atoms with van der Waals surface area (Å²) in [7, 11) is 0. The van der Waals surface area contributed by atoms with Gasteiger partial charge in [-0.25, -0.2) is 0 Å². The van der Waals surface area contributed by atoms with Crippen LogP contribution in [0.25, 0.3) is 0 Å². The summed E-state index contributed by atoms with van der Waals surface area (Å²) in [6.45, 7) is 7.96. The number of ether oxygens (including phenoxy) is 1. The Morgan fingerprint density at radius 3 is 2.60 bits per heavy atom. The van der Waals surface area contributed by atoms with E-state index in [1.807, 2.05) is 0 Å². The first-order valence-electron chi connectivity index (χ1n) is 6.16. The summed E-state index contributed by atoms with van der Waals surface area (Å²) in [6, 6.07) is 0. The van der Waals surface area contributed by atoms with Crippen molar-refractivity contribution in [3.05, 3.63) is 0 Å². The summed E-state index contributed by atoms with van der Waals surface area (Å²) in [5.41, 5.74) is 0. The van der Waals surface area contributed by atoms with Gasteiger partial charge in [0.15, 0.2) is 0 Å². The maximum Gasteiger partial charge on any atom is 0.0575 e. The average molecular weight is 215 g/mol. The standard InChI is InChI=1S/C12H25NO2/c1-10(2)12(14)3-6-13-9-11-4-7-15-8-5-11/h10-14H,3-9H2,1-2H3. The van der Waals surface area contributed by atoms with E-state index in [2.05, 4.69) is 19.2 Å². The van der Waals surface area contributed by atoms with Crippen molar-refractivity contribution in [3.8, 4) is 0 Å². The van der Waals surface area contributed by atoms with Crippen LogP contribution in [0.15, 0.2) is 0 Å². The Morgan fingerprint density at radius 2 is 2.00 bits per heavy atom. The van der Waals surface area contributed by atoms with E-state index in [0.717, 1.165) is 38.6 Å². The molecule has 0 aromatic heterocycles. The van der Waals surface area contributed by atoms with Gasteiger partial charge in [-0.1, -0.05) is 13.8 Å². The van der Waals surface area contributed by atoms with Gasteiger partial charge in [0.2, 0.25) is 0 Å². The van der Waals surface area contributed by atoms with Crippen LogP contribution in [0.4, 0.5) is 0 Å². The van der Waals surface area contributed by atoms with Crippen molar-refractivity contribution >= 4 is 0 Å². The summed E-state index contributed by atoms with van der Waals surface area (Å²) in [5, 5.41) is 13.0. The molecule has 2 N–H and O–H groups in total. The van der Waals surface area contributed by atoms with Crippen LogP contribution in [-0.2, 0) is 4.74 Å². The highest BCUT2D eigenvalue weighted by Gasteiger charge is 2.13. The first kappa shape index (κ1) is 12.9. The molecule has 3 nitrogen and oxygen atoms in total. The van der Waals surface area contributed by atoms with Crippen molar-refractivity contribution in [2.24, 2.45) is 11.8 Å².